The Morgan fingerprint density at radius 1 is 1.11 bits per heavy atom. The Hall–Kier alpha value is -1.30. The van der Waals surface area contributed by atoms with Crippen LogP contribution in [0.5, 0.6) is 0 Å². The fourth-order valence-corrected chi connectivity index (χ4v) is 1.95. The second-order valence-electron chi connectivity index (χ2n) is 5.11. The standard InChI is InChI=1S/C12H24N4O2/c1-14(2)11(17)9-13-10-5-7-16(8-6-10)12(18)15(3)4/h10,13H,5-9H2,1-4H3. The molecule has 1 N–H and O–H groups in total. The number of nitrogens with zero attached hydrogens (tertiary/aromatic N) is 3. The number of carbonyl (C=O) groups excluding carboxylic acids is 2. The largest absolute Gasteiger partial charge is 0.348 e. The quantitative estimate of drug-likeness (QED) is 0.761. The van der Waals surface area contributed by atoms with Crippen LogP contribution in [0.1, 0.15) is 12.8 Å². The third-order valence-electron chi connectivity index (χ3n) is 3.19. The van der Waals surface area contributed by atoms with E-state index in [0.717, 1.165) is 25.9 Å². The maximum atomic E-state index is 11.7. The Morgan fingerprint density at radius 2 is 1.67 bits per heavy atom. The molecule has 0 aliphatic carbocycles. The molecule has 1 heterocycles. The van der Waals surface area contributed by atoms with E-state index in [1.54, 1.807) is 38.0 Å². The molecule has 0 spiro atoms. The summed E-state index contributed by atoms with van der Waals surface area (Å²) in [5.41, 5.74) is 0. The molecule has 0 bridgehead atoms. The van der Waals surface area contributed by atoms with Crippen molar-refractivity contribution < 1.29 is 9.59 Å². The molecule has 0 aromatic rings. The number of rotatable bonds is 3. The predicted molar refractivity (Wildman–Crippen MR) is 70.4 cm³/mol. The minimum absolute atomic E-state index is 0.0674. The molecular formula is C12H24N4O2. The third kappa shape index (κ3) is 4.18. The molecule has 1 aliphatic heterocycles. The maximum Gasteiger partial charge on any atom is 0.319 e. The van der Waals surface area contributed by atoms with Crippen molar-refractivity contribution in [1.82, 2.24) is 20.0 Å². The fourth-order valence-electron chi connectivity index (χ4n) is 1.95. The van der Waals surface area contributed by atoms with E-state index in [2.05, 4.69) is 5.32 Å². The van der Waals surface area contributed by atoms with Crippen LogP contribution in [0.3, 0.4) is 0 Å². The van der Waals surface area contributed by atoms with Gasteiger partial charge in [0.05, 0.1) is 6.54 Å². The van der Waals surface area contributed by atoms with Gasteiger partial charge in [-0.3, -0.25) is 4.79 Å². The van der Waals surface area contributed by atoms with Gasteiger partial charge in [-0.05, 0) is 12.8 Å². The molecule has 104 valence electrons. The van der Waals surface area contributed by atoms with Gasteiger partial charge in [0.25, 0.3) is 0 Å². The molecular weight excluding hydrogens is 232 g/mol. The summed E-state index contributed by atoms with van der Waals surface area (Å²) in [6.45, 7) is 1.88. The first-order valence-electron chi connectivity index (χ1n) is 6.31. The lowest BCUT2D eigenvalue weighted by Crippen LogP contribution is -2.49. The van der Waals surface area contributed by atoms with Crippen molar-refractivity contribution in [2.45, 2.75) is 18.9 Å². The monoisotopic (exact) mass is 256 g/mol. The van der Waals surface area contributed by atoms with Gasteiger partial charge >= 0.3 is 6.03 Å². The van der Waals surface area contributed by atoms with E-state index in [1.807, 2.05) is 4.90 Å². The van der Waals surface area contributed by atoms with E-state index in [4.69, 9.17) is 0 Å². The number of likely N-dealkylation sites (tertiary alicyclic amines) is 1. The second kappa shape index (κ2) is 6.58. The van der Waals surface area contributed by atoms with Gasteiger partial charge in [0.2, 0.25) is 5.91 Å². The number of nitrogens with one attached hydrogen (secondary N) is 1. The molecule has 6 heteroatoms. The van der Waals surface area contributed by atoms with Crippen molar-refractivity contribution in [1.29, 1.82) is 0 Å². The lowest BCUT2D eigenvalue weighted by Gasteiger charge is -2.34. The van der Waals surface area contributed by atoms with Crippen molar-refractivity contribution in [2.24, 2.45) is 0 Å². The Balaban J connectivity index is 2.27. The Kier molecular flexibility index (Phi) is 5.40. The van der Waals surface area contributed by atoms with E-state index >= 15 is 0 Å². The number of urea groups is 1. The zero-order valence-corrected chi connectivity index (χ0v) is 11.8. The number of carbonyl (C=O) groups is 2. The fraction of sp³-hybridized carbons (Fsp3) is 0.833. The minimum atomic E-state index is 0.0674. The highest BCUT2D eigenvalue weighted by molar-refractivity contribution is 5.77. The smallest absolute Gasteiger partial charge is 0.319 e. The zero-order chi connectivity index (χ0) is 13.7. The van der Waals surface area contributed by atoms with Crippen LogP contribution < -0.4 is 5.32 Å². The molecule has 1 saturated heterocycles. The van der Waals surface area contributed by atoms with E-state index in [1.165, 1.54) is 0 Å². The van der Waals surface area contributed by atoms with E-state index in [0.29, 0.717) is 12.6 Å². The van der Waals surface area contributed by atoms with Crippen molar-refractivity contribution in [3.05, 3.63) is 0 Å². The Morgan fingerprint density at radius 3 is 2.11 bits per heavy atom. The molecule has 1 fully saturated rings. The van der Waals surface area contributed by atoms with Gasteiger partial charge in [0.15, 0.2) is 0 Å². The number of hydrogen-bond acceptors (Lipinski definition) is 3. The molecule has 0 aromatic heterocycles. The highest BCUT2D eigenvalue weighted by atomic mass is 16.2. The van der Waals surface area contributed by atoms with Crippen molar-refractivity contribution in [3.63, 3.8) is 0 Å². The second-order valence-corrected chi connectivity index (χ2v) is 5.11. The first-order chi connectivity index (χ1) is 8.41. The van der Waals surface area contributed by atoms with Gasteiger partial charge in [-0.15, -0.1) is 0 Å². The molecule has 3 amide bonds. The summed E-state index contributed by atoms with van der Waals surface area (Å²) in [7, 11) is 7.04. The molecule has 0 unspecified atom stereocenters. The van der Waals surface area contributed by atoms with Crippen LogP contribution in [-0.4, -0.2) is 80.5 Å². The Bertz CT molecular complexity index is 296. The lowest BCUT2D eigenvalue weighted by atomic mass is 10.1. The molecule has 0 radical (unpaired) electrons. The van der Waals surface area contributed by atoms with Gasteiger partial charge < -0.3 is 20.0 Å². The molecule has 1 rings (SSSR count). The number of piperidine rings is 1. The summed E-state index contributed by atoms with van der Waals surface area (Å²) < 4.78 is 0. The molecule has 6 nitrogen and oxygen atoms in total. The summed E-state index contributed by atoms with van der Waals surface area (Å²) >= 11 is 0. The Labute approximate surface area is 109 Å². The first kappa shape index (κ1) is 14.8. The lowest BCUT2D eigenvalue weighted by molar-refractivity contribution is -0.127. The summed E-state index contributed by atoms with van der Waals surface area (Å²) in [6.07, 6.45) is 1.81. The summed E-state index contributed by atoms with van der Waals surface area (Å²) in [6, 6.07) is 0.401. The van der Waals surface area contributed by atoms with Crippen molar-refractivity contribution in [2.75, 3.05) is 47.8 Å². The summed E-state index contributed by atoms with van der Waals surface area (Å²) in [5, 5.41) is 3.25. The van der Waals surface area contributed by atoms with Gasteiger partial charge in [-0.2, -0.15) is 0 Å². The van der Waals surface area contributed by atoms with Crippen molar-refractivity contribution >= 4 is 11.9 Å². The van der Waals surface area contributed by atoms with Crippen LogP contribution >= 0.6 is 0 Å². The molecule has 0 atom stereocenters. The van der Waals surface area contributed by atoms with Crippen molar-refractivity contribution in [3.8, 4) is 0 Å². The van der Waals surface area contributed by atoms with Crippen LogP contribution in [0, 0.1) is 0 Å². The number of likely N-dealkylation sites (N-methyl/N-ethyl adjacent to an activating group) is 1. The molecule has 18 heavy (non-hydrogen) atoms. The number of amides is 3. The van der Waals surface area contributed by atoms with Crippen LogP contribution in [0.15, 0.2) is 0 Å². The predicted octanol–water partition coefficient (Wildman–Crippen LogP) is -0.190. The van der Waals surface area contributed by atoms with Gasteiger partial charge in [-0.1, -0.05) is 0 Å². The number of hydrogen-bond donors (Lipinski definition) is 1. The van der Waals surface area contributed by atoms with Crippen LogP contribution in [0.25, 0.3) is 0 Å². The van der Waals surface area contributed by atoms with Crippen LogP contribution in [0.2, 0.25) is 0 Å². The third-order valence-corrected chi connectivity index (χ3v) is 3.19. The average Bonchev–Trinajstić information content (AvgIpc) is 2.35. The highest BCUT2D eigenvalue weighted by Crippen LogP contribution is 2.11. The summed E-state index contributed by atoms with van der Waals surface area (Å²) in [5.74, 6) is 0.0850. The van der Waals surface area contributed by atoms with Crippen LogP contribution in [-0.2, 0) is 4.79 Å². The van der Waals surface area contributed by atoms with Gasteiger partial charge in [0.1, 0.15) is 0 Å². The van der Waals surface area contributed by atoms with E-state index < -0.39 is 0 Å². The minimum Gasteiger partial charge on any atom is -0.348 e. The topological polar surface area (TPSA) is 55.9 Å². The molecule has 1 aliphatic rings. The van der Waals surface area contributed by atoms with Gasteiger partial charge in [0, 0.05) is 47.3 Å². The van der Waals surface area contributed by atoms with Gasteiger partial charge in [-0.25, -0.2) is 4.79 Å². The normalized spacial score (nSPS) is 16.6. The molecule has 0 aromatic carbocycles. The maximum absolute atomic E-state index is 11.7. The highest BCUT2D eigenvalue weighted by Gasteiger charge is 2.23. The first-order valence-corrected chi connectivity index (χ1v) is 6.31. The van der Waals surface area contributed by atoms with Crippen LogP contribution in [0.4, 0.5) is 4.79 Å². The SMILES string of the molecule is CN(C)C(=O)CNC1CCN(C(=O)N(C)C)CC1. The zero-order valence-electron chi connectivity index (χ0n) is 11.8. The summed E-state index contributed by atoms with van der Waals surface area (Å²) in [4.78, 5) is 28.2. The molecule has 0 saturated carbocycles. The average molecular weight is 256 g/mol. The van der Waals surface area contributed by atoms with E-state index in [-0.39, 0.29) is 11.9 Å². The van der Waals surface area contributed by atoms with E-state index in [9.17, 15) is 9.59 Å².